The molecule has 0 aromatic carbocycles. The van der Waals surface area contributed by atoms with Crippen LogP contribution in [0.5, 0.6) is 0 Å². The summed E-state index contributed by atoms with van der Waals surface area (Å²) in [6.07, 6.45) is 6.86. The Morgan fingerprint density at radius 1 is 1.53 bits per heavy atom. The molecule has 1 fully saturated rings. The SMILES string of the molecule is CCC(c1ccco1)N(C)CC1CCCCN1. The number of nitrogens with one attached hydrogen (secondary N) is 1. The van der Waals surface area contributed by atoms with Crippen molar-refractivity contribution in [1.82, 2.24) is 10.2 Å². The summed E-state index contributed by atoms with van der Waals surface area (Å²) < 4.78 is 5.53. The van der Waals surface area contributed by atoms with E-state index in [1.54, 1.807) is 6.26 Å². The minimum atomic E-state index is 0.411. The summed E-state index contributed by atoms with van der Waals surface area (Å²) in [7, 11) is 2.20. The van der Waals surface area contributed by atoms with E-state index in [1.165, 1.54) is 25.8 Å². The van der Waals surface area contributed by atoms with Gasteiger partial charge in [-0.15, -0.1) is 0 Å². The van der Waals surface area contributed by atoms with E-state index in [0.717, 1.165) is 18.7 Å². The van der Waals surface area contributed by atoms with Crippen LogP contribution in [0.25, 0.3) is 0 Å². The third kappa shape index (κ3) is 3.33. The Kier molecular flexibility index (Phi) is 4.63. The first kappa shape index (κ1) is 12.7. The molecule has 1 aromatic heterocycles. The number of hydrogen-bond acceptors (Lipinski definition) is 3. The highest BCUT2D eigenvalue weighted by molar-refractivity contribution is 5.04. The molecule has 3 heteroatoms. The third-order valence-corrected chi connectivity index (χ3v) is 3.71. The smallest absolute Gasteiger partial charge is 0.120 e. The van der Waals surface area contributed by atoms with Crippen LogP contribution in [0.4, 0.5) is 0 Å². The van der Waals surface area contributed by atoms with Gasteiger partial charge in [0.15, 0.2) is 0 Å². The average Bonchev–Trinajstić information content (AvgIpc) is 2.85. The summed E-state index contributed by atoms with van der Waals surface area (Å²) in [6.45, 7) is 4.51. The number of rotatable bonds is 5. The third-order valence-electron chi connectivity index (χ3n) is 3.71. The molecule has 1 aliphatic heterocycles. The first-order chi connectivity index (χ1) is 8.31. The number of likely N-dealkylation sites (N-methyl/N-ethyl adjacent to an activating group) is 1. The molecule has 0 saturated carbocycles. The average molecular weight is 236 g/mol. The van der Waals surface area contributed by atoms with Gasteiger partial charge in [0, 0.05) is 12.6 Å². The number of furan rings is 1. The van der Waals surface area contributed by atoms with Crippen molar-refractivity contribution in [1.29, 1.82) is 0 Å². The van der Waals surface area contributed by atoms with Crippen LogP contribution in [0, 0.1) is 0 Å². The van der Waals surface area contributed by atoms with Crippen molar-refractivity contribution >= 4 is 0 Å². The van der Waals surface area contributed by atoms with Crippen LogP contribution >= 0.6 is 0 Å². The van der Waals surface area contributed by atoms with E-state index in [0.29, 0.717) is 12.1 Å². The highest BCUT2D eigenvalue weighted by atomic mass is 16.3. The summed E-state index contributed by atoms with van der Waals surface area (Å²) in [5.74, 6) is 1.09. The van der Waals surface area contributed by atoms with E-state index in [1.807, 2.05) is 6.07 Å². The zero-order valence-corrected chi connectivity index (χ0v) is 11.0. The van der Waals surface area contributed by atoms with E-state index in [4.69, 9.17) is 4.42 Å². The molecule has 1 N–H and O–H groups in total. The highest BCUT2D eigenvalue weighted by Crippen LogP contribution is 2.24. The summed E-state index contributed by atoms with van der Waals surface area (Å²) in [5, 5.41) is 3.60. The molecule has 2 rings (SSSR count). The largest absolute Gasteiger partial charge is 0.468 e. The maximum Gasteiger partial charge on any atom is 0.120 e. The van der Waals surface area contributed by atoms with E-state index in [-0.39, 0.29) is 0 Å². The normalized spacial score (nSPS) is 22.9. The molecular weight excluding hydrogens is 212 g/mol. The molecule has 96 valence electrons. The Labute approximate surface area is 104 Å². The van der Waals surface area contributed by atoms with Crippen LogP contribution in [0.15, 0.2) is 22.8 Å². The van der Waals surface area contributed by atoms with Gasteiger partial charge in [-0.2, -0.15) is 0 Å². The summed E-state index contributed by atoms with van der Waals surface area (Å²) in [5.41, 5.74) is 0. The van der Waals surface area contributed by atoms with Gasteiger partial charge in [0.05, 0.1) is 12.3 Å². The molecule has 0 radical (unpaired) electrons. The van der Waals surface area contributed by atoms with Crippen molar-refractivity contribution in [2.75, 3.05) is 20.1 Å². The molecule has 1 aliphatic rings. The molecule has 0 amide bonds. The molecule has 2 unspecified atom stereocenters. The summed E-state index contributed by atoms with van der Waals surface area (Å²) in [4.78, 5) is 2.42. The van der Waals surface area contributed by atoms with E-state index in [9.17, 15) is 0 Å². The first-order valence-electron chi connectivity index (χ1n) is 6.78. The minimum absolute atomic E-state index is 0.411. The van der Waals surface area contributed by atoms with Crippen molar-refractivity contribution in [3.63, 3.8) is 0 Å². The lowest BCUT2D eigenvalue weighted by molar-refractivity contribution is 0.179. The predicted molar refractivity (Wildman–Crippen MR) is 70.0 cm³/mol. The fourth-order valence-electron chi connectivity index (χ4n) is 2.77. The number of piperidine rings is 1. The fourth-order valence-corrected chi connectivity index (χ4v) is 2.77. The molecular formula is C14H24N2O. The van der Waals surface area contributed by atoms with Crippen molar-refractivity contribution < 1.29 is 4.42 Å². The second-order valence-corrected chi connectivity index (χ2v) is 5.03. The fraction of sp³-hybridized carbons (Fsp3) is 0.714. The molecule has 2 heterocycles. The van der Waals surface area contributed by atoms with Gasteiger partial charge >= 0.3 is 0 Å². The minimum Gasteiger partial charge on any atom is -0.468 e. The topological polar surface area (TPSA) is 28.4 Å². The van der Waals surface area contributed by atoms with Crippen LogP contribution in [0.3, 0.4) is 0 Å². The Morgan fingerprint density at radius 3 is 3.00 bits per heavy atom. The standard InChI is InChI=1S/C14H24N2O/c1-3-13(14-8-6-10-17-14)16(2)11-12-7-4-5-9-15-12/h6,8,10,12-13,15H,3-5,7,9,11H2,1-2H3. The molecule has 0 bridgehead atoms. The van der Waals surface area contributed by atoms with Crippen LogP contribution in [0.2, 0.25) is 0 Å². The Balaban J connectivity index is 1.90. The van der Waals surface area contributed by atoms with Crippen LogP contribution in [0.1, 0.15) is 44.4 Å². The molecule has 0 spiro atoms. The first-order valence-corrected chi connectivity index (χ1v) is 6.78. The van der Waals surface area contributed by atoms with E-state index in [2.05, 4.69) is 30.3 Å². The van der Waals surface area contributed by atoms with Gasteiger partial charge in [-0.1, -0.05) is 13.3 Å². The quantitative estimate of drug-likeness (QED) is 0.852. The Hall–Kier alpha value is -0.800. The van der Waals surface area contributed by atoms with Crippen molar-refractivity contribution in [3.8, 4) is 0 Å². The maximum atomic E-state index is 5.53. The molecule has 1 aromatic rings. The predicted octanol–water partition coefficient (Wildman–Crippen LogP) is 2.80. The van der Waals surface area contributed by atoms with Gasteiger partial charge in [0.1, 0.15) is 5.76 Å². The van der Waals surface area contributed by atoms with Crippen molar-refractivity contribution in [3.05, 3.63) is 24.2 Å². The van der Waals surface area contributed by atoms with Crippen LogP contribution in [-0.2, 0) is 0 Å². The van der Waals surface area contributed by atoms with E-state index < -0.39 is 0 Å². The zero-order chi connectivity index (χ0) is 12.1. The van der Waals surface area contributed by atoms with Crippen molar-refractivity contribution in [2.24, 2.45) is 0 Å². The maximum absolute atomic E-state index is 5.53. The monoisotopic (exact) mass is 236 g/mol. The highest BCUT2D eigenvalue weighted by Gasteiger charge is 2.21. The lowest BCUT2D eigenvalue weighted by Gasteiger charge is -2.32. The lowest BCUT2D eigenvalue weighted by atomic mass is 10.0. The van der Waals surface area contributed by atoms with Gasteiger partial charge < -0.3 is 9.73 Å². The van der Waals surface area contributed by atoms with Gasteiger partial charge in [0.25, 0.3) is 0 Å². The zero-order valence-electron chi connectivity index (χ0n) is 11.0. The molecule has 1 saturated heterocycles. The number of hydrogen-bond donors (Lipinski definition) is 1. The lowest BCUT2D eigenvalue weighted by Crippen LogP contribution is -2.43. The molecule has 0 aliphatic carbocycles. The Morgan fingerprint density at radius 2 is 2.41 bits per heavy atom. The second-order valence-electron chi connectivity index (χ2n) is 5.03. The van der Waals surface area contributed by atoms with Gasteiger partial charge in [-0.3, -0.25) is 4.90 Å². The second kappa shape index (κ2) is 6.22. The Bertz CT molecular complexity index is 304. The molecule has 3 nitrogen and oxygen atoms in total. The molecule has 17 heavy (non-hydrogen) atoms. The number of nitrogens with zero attached hydrogens (tertiary/aromatic N) is 1. The summed E-state index contributed by atoms with van der Waals surface area (Å²) in [6, 6.07) is 5.12. The van der Waals surface area contributed by atoms with Crippen molar-refractivity contribution in [2.45, 2.75) is 44.7 Å². The van der Waals surface area contributed by atoms with E-state index >= 15 is 0 Å². The van der Waals surface area contributed by atoms with Gasteiger partial charge in [0.2, 0.25) is 0 Å². The summed E-state index contributed by atoms with van der Waals surface area (Å²) >= 11 is 0. The van der Waals surface area contributed by atoms with Crippen LogP contribution < -0.4 is 5.32 Å². The van der Waals surface area contributed by atoms with Gasteiger partial charge in [-0.25, -0.2) is 0 Å². The van der Waals surface area contributed by atoms with Gasteiger partial charge in [-0.05, 0) is 45.0 Å². The van der Waals surface area contributed by atoms with Crippen LogP contribution in [-0.4, -0.2) is 31.1 Å². The molecule has 2 atom stereocenters.